The molecule has 0 radical (unpaired) electrons. The van der Waals surface area contributed by atoms with Gasteiger partial charge in [-0.2, -0.15) is 5.26 Å². The van der Waals surface area contributed by atoms with E-state index in [1.165, 1.54) is 9.80 Å². The van der Waals surface area contributed by atoms with Crippen molar-refractivity contribution >= 4 is 12.0 Å². The Bertz CT molecular complexity index is 312. The van der Waals surface area contributed by atoms with Gasteiger partial charge in [-0.15, -0.1) is 0 Å². The zero-order valence-electron chi connectivity index (χ0n) is 10.5. The number of rotatable bonds is 6. The number of carboxylic acids is 1. The second kappa shape index (κ2) is 7.49. The van der Waals surface area contributed by atoms with E-state index in [-0.39, 0.29) is 24.9 Å². The maximum atomic E-state index is 11.9. The first-order valence-electron chi connectivity index (χ1n) is 5.53. The van der Waals surface area contributed by atoms with E-state index in [4.69, 9.17) is 10.4 Å². The van der Waals surface area contributed by atoms with E-state index in [9.17, 15) is 9.59 Å². The van der Waals surface area contributed by atoms with Crippen LogP contribution in [0.5, 0.6) is 0 Å². The molecule has 96 valence electrons. The number of urea groups is 1. The molecular formula is C11H19N3O3. The molecule has 0 aromatic rings. The lowest BCUT2D eigenvalue weighted by Gasteiger charge is -2.27. The first-order chi connectivity index (χ1) is 7.92. The standard InChI is InChI=1S/C11H19N3O3/c1-4-14(6-5-10(15)16)11(17)13(3)8-9(2)7-12/h9H,4-6,8H2,1-3H3,(H,15,16). The second-order valence-electron chi connectivity index (χ2n) is 3.92. The Morgan fingerprint density at radius 2 is 2.06 bits per heavy atom. The van der Waals surface area contributed by atoms with E-state index in [1.54, 1.807) is 20.9 Å². The van der Waals surface area contributed by atoms with Crippen molar-refractivity contribution in [1.29, 1.82) is 5.26 Å². The van der Waals surface area contributed by atoms with Crippen molar-refractivity contribution in [3.63, 3.8) is 0 Å². The summed E-state index contributed by atoms with van der Waals surface area (Å²) in [6, 6.07) is 1.81. The highest BCUT2D eigenvalue weighted by atomic mass is 16.4. The summed E-state index contributed by atoms with van der Waals surface area (Å²) in [6.45, 7) is 4.52. The molecule has 0 saturated carbocycles. The quantitative estimate of drug-likeness (QED) is 0.751. The molecule has 1 atom stereocenters. The minimum absolute atomic E-state index is 0.0682. The second-order valence-corrected chi connectivity index (χ2v) is 3.92. The van der Waals surface area contributed by atoms with Crippen LogP contribution in [0.3, 0.4) is 0 Å². The predicted molar refractivity (Wildman–Crippen MR) is 62.3 cm³/mol. The van der Waals surface area contributed by atoms with Crippen molar-refractivity contribution in [3.8, 4) is 6.07 Å². The molecule has 0 aliphatic rings. The molecule has 0 bridgehead atoms. The predicted octanol–water partition coefficient (Wildman–Crippen LogP) is 0.994. The van der Waals surface area contributed by atoms with Crippen molar-refractivity contribution in [2.75, 3.05) is 26.7 Å². The van der Waals surface area contributed by atoms with Crippen molar-refractivity contribution < 1.29 is 14.7 Å². The molecule has 0 spiro atoms. The zero-order chi connectivity index (χ0) is 13.4. The number of aliphatic carboxylic acids is 1. The van der Waals surface area contributed by atoms with Crippen molar-refractivity contribution in [3.05, 3.63) is 0 Å². The normalized spacial score (nSPS) is 11.4. The van der Waals surface area contributed by atoms with Gasteiger partial charge in [-0.3, -0.25) is 4.79 Å². The number of amides is 2. The van der Waals surface area contributed by atoms with Crippen LogP contribution in [0.2, 0.25) is 0 Å². The molecule has 0 fully saturated rings. The first-order valence-corrected chi connectivity index (χ1v) is 5.53. The fraction of sp³-hybridized carbons (Fsp3) is 0.727. The third-order valence-electron chi connectivity index (χ3n) is 2.34. The highest BCUT2D eigenvalue weighted by Gasteiger charge is 2.18. The van der Waals surface area contributed by atoms with Gasteiger partial charge in [0.15, 0.2) is 0 Å². The maximum absolute atomic E-state index is 11.9. The Morgan fingerprint density at radius 3 is 2.47 bits per heavy atom. The molecule has 0 saturated heterocycles. The van der Waals surface area contributed by atoms with Gasteiger partial charge in [-0.25, -0.2) is 4.79 Å². The molecule has 0 aliphatic heterocycles. The summed E-state index contributed by atoms with van der Waals surface area (Å²) in [5.74, 6) is -1.16. The average molecular weight is 241 g/mol. The summed E-state index contributed by atoms with van der Waals surface area (Å²) in [4.78, 5) is 25.2. The van der Waals surface area contributed by atoms with E-state index in [0.29, 0.717) is 13.1 Å². The van der Waals surface area contributed by atoms with Crippen LogP contribution in [-0.2, 0) is 4.79 Å². The topological polar surface area (TPSA) is 84.6 Å². The first kappa shape index (κ1) is 15.2. The number of nitrogens with zero attached hydrogens (tertiary/aromatic N) is 3. The number of hydrogen-bond acceptors (Lipinski definition) is 3. The van der Waals surface area contributed by atoms with Crippen LogP contribution in [0.25, 0.3) is 0 Å². The highest BCUT2D eigenvalue weighted by molar-refractivity contribution is 5.75. The van der Waals surface area contributed by atoms with Gasteiger partial charge in [0.1, 0.15) is 0 Å². The van der Waals surface area contributed by atoms with Crippen LogP contribution < -0.4 is 0 Å². The van der Waals surface area contributed by atoms with Gasteiger partial charge >= 0.3 is 12.0 Å². The Labute approximate surface area is 101 Å². The third kappa shape index (κ3) is 5.76. The minimum Gasteiger partial charge on any atom is -0.481 e. The molecule has 0 heterocycles. The van der Waals surface area contributed by atoms with Gasteiger partial charge in [0, 0.05) is 26.7 Å². The molecule has 0 aromatic carbocycles. The number of carbonyl (C=O) groups is 2. The van der Waals surface area contributed by atoms with Crippen LogP contribution in [0, 0.1) is 17.2 Å². The SMILES string of the molecule is CCN(CCC(=O)O)C(=O)N(C)CC(C)C#N. The van der Waals surface area contributed by atoms with Gasteiger partial charge in [-0.05, 0) is 13.8 Å². The van der Waals surface area contributed by atoms with Crippen LogP contribution in [0.4, 0.5) is 4.79 Å². The summed E-state index contributed by atoms with van der Waals surface area (Å²) >= 11 is 0. The van der Waals surface area contributed by atoms with E-state index in [0.717, 1.165) is 0 Å². The van der Waals surface area contributed by atoms with Crippen molar-refractivity contribution in [1.82, 2.24) is 9.80 Å². The van der Waals surface area contributed by atoms with Gasteiger partial charge in [0.05, 0.1) is 18.4 Å². The molecule has 1 unspecified atom stereocenters. The third-order valence-corrected chi connectivity index (χ3v) is 2.34. The molecule has 0 aliphatic carbocycles. The van der Waals surface area contributed by atoms with Gasteiger partial charge < -0.3 is 14.9 Å². The van der Waals surface area contributed by atoms with E-state index >= 15 is 0 Å². The molecule has 6 nitrogen and oxygen atoms in total. The fourth-order valence-electron chi connectivity index (χ4n) is 1.39. The molecule has 1 N–H and O–H groups in total. The lowest BCUT2D eigenvalue weighted by atomic mass is 10.2. The molecule has 0 aromatic heterocycles. The summed E-state index contributed by atoms with van der Waals surface area (Å²) in [5, 5.41) is 17.2. The van der Waals surface area contributed by atoms with Gasteiger partial charge in [-0.1, -0.05) is 0 Å². The molecular weight excluding hydrogens is 222 g/mol. The molecule has 0 rings (SSSR count). The van der Waals surface area contributed by atoms with Crippen LogP contribution in [-0.4, -0.2) is 53.6 Å². The molecule has 17 heavy (non-hydrogen) atoms. The lowest BCUT2D eigenvalue weighted by molar-refractivity contribution is -0.137. The Balaban J connectivity index is 4.32. The molecule has 6 heteroatoms. The Morgan fingerprint density at radius 1 is 1.47 bits per heavy atom. The van der Waals surface area contributed by atoms with Gasteiger partial charge in [0.25, 0.3) is 0 Å². The summed E-state index contributed by atoms with van der Waals surface area (Å²) in [7, 11) is 1.61. The lowest BCUT2D eigenvalue weighted by Crippen LogP contribution is -2.43. The minimum atomic E-state index is -0.927. The fourth-order valence-corrected chi connectivity index (χ4v) is 1.39. The van der Waals surface area contributed by atoms with Crippen LogP contribution >= 0.6 is 0 Å². The van der Waals surface area contributed by atoms with E-state index in [1.807, 2.05) is 0 Å². The summed E-state index contributed by atoms with van der Waals surface area (Å²) in [6.07, 6.45) is -0.0682. The number of hydrogen-bond donors (Lipinski definition) is 1. The monoisotopic (exact) mass is 241 g/mol. The van der Waals surface area contributed by atoms with Crippen molar-refractivity contribution in [2.24, 2.45) is 5.92 Å². The Hall–Kier alpha value is -1.77. The van der Waals surface area contributed by atoms with Gasteiger partial charge in [0.2, 0.25) is 0 Å². The van der Waals surface area contributed by atoms with E-state index in [2.05, 4.69) is 6.07 Å². The number of carboxylic acid groups (broad SMARTS) is 1. The highest BCUT2D eigenvalue weighted by Crippen LogP contribution is 2.02. The summed E-state index contributed by atoms with van der Waals surface area (Å²) < 4.78 is 0. The number of carbonyl (C=O) groups excluding carboxylic acids is 1. The maximum Gasteiger partial charge on any atom is 0.319 e. The summed E-state index contributed by atoms with van der Waals surface area (Å²) in [5.41, 5.74) is 0. The average Bonchev–Trinajstić information content (AvgIpc) is 2.28. The largest absolute Gasteiger partial charge is 0.481 e. The van der Waals surface area contributed by atoms with E-state index < -0.39 is 5.97 Å². The molecule has 2 amide bonds. The number of nitriles is 1. The van der Waals surface area contributed by atoms with Crippen LogP contribution in [0.15, 0.2) is 0 Å². The zero-order valence-corrected chi connectivity index (χ0v) is 10.5. The van der Waals surface area contributed by atoms with Crippen molar-refractivity contribution in [2.45, 2.75) is 20.3 Å². The van der Waals surface area contributed by atoms with Crippen LogP contribution in [0.1, 0.15) is 20.3 Å². The smallest absolute Gasteiger partial charge is 0.319 e. The Kier molecular flexibility index (Phi) is 6.71.